The van der Waals surface area contributed by atoms with Gasteiger partial charge in [0.05, 0.1) is 6.42 Å². The van der Waals surface area contributed by atoms with Crippen molar-refractivity contribution in [2.24, 2.45) is 0 Å². The predicted molar refractivity (Wildman–Crippen MR) is 104 cm³/mol. The van der Waals surface area contributed by atoms with E-state index in [9.17, 15) is 14.0 Å². The molecule has 3 aromatic rings. The molecule has 1 aromatic heterocycles. The monoisotopic (exact) mass is 401 g/mol. The first-order chi connectivity index (χ1) is 13.4. The Labute approximate surface area is 165 Å². The van der Waals surface area contributed by atoms with Crippen molar-refractivity contribution >= 4 is 34.8 Å². The molecule has 3 rings (SSSR count). The van der Waals surface area contributed by atoms with Gasteiger partial charge in [0.15, 0.2) is 0 Å². The predicted octanol–water partition coefficient (Wildman–Crippen LogP) is 3.45. The third kappa shape index (κ3) is 4.72. The van der Waals surface area contributed by atoms with E-state index < -0.39 is 17.8 Å². The van der Waals surface area contributed by atoms with Gasteiger partial charge in [-0.25, -0.2) is 14.1 Å². The van der Waals surface area contributed by atoms with E-state index >= 15 is 0 Å². The lowest BCUT2D eigenvalue weighted by Gasteiger charge is -2.12. The van der Waals surface area contributed by atoms with Gasteiger partial charge in [0, 0.05) is 22.0 Å². The van der Waals surface area contributed by atoms with Gasteiger partial charge in [-0.15, -0.1) is 0 Å². The molecule has 1 heterocycles. The van der Waals surface area contributed by atoms with Crippen LogP contribution in [0.15, 0.2) is 55.1 Å². The third-order valence-electron chi connectivity index (χ3n) is 4.05. The number of rotatable bonds is 6. The van der Waals surface area contributed by atoms with Crippen LogP contribution in [0, 0.1) is 5.82 Å². The van der Waals surface area contributed by atoms with Gasteiger partial charge in [-0.1, -0.05) is 17.7 Å². The maximum Gasteiger partial charge on any atom is 0.249 e. The SMILES string of the molecule is C[C@@H](C(=O)Nc1ccc(NC(=O)Cc2c(F)cccc2Cl)cc1)n1cncn1. The number of hydrogen-bond acceptors (Lipinski definition) is 4. The van der Waals surface area contributed by atoms with Crippen molar-refractivity contribution in [3.05, 3.63) is 71.5 Å². The number of aromatic nitrogens is 3. The molecule has 2 aromatic carbocycles. The Morgan fingerprint density at radius 3 is 2.43 bits per heavy atom. The number of carbonyl (C=O) groups is 2. The van der Waals surface area contributed by atoms with Crippen LogP contribution in [0.25, 0.3) is 0 Å². The summed E-state index contributed by atoms with van der Waals surface area (Å²) in [5.74, 6) is -1.18. The van der Waals surface area contributed by atoms with Crippen molar-refractivity contribution in [3.8, 4) is 0 Å². The fourth-order valence-electron chi connectivity index (χ4n) is 2.49. The van der Waals surface area contributed by atoms with Crippen molar-refractivity contribution in [3.63, 3.8) is 0 Å². The highest BCUT2D eigenvalue weighted by molar-refractivity contribution is 6.31. The van der Waals surface area contributed by atoms with Crippen molar-refractivity contribution in [2.45, 2.75) is 19.4 Å². The van der Waals surface area contributed by atoms with E-state index in [2.05, 4.69) is 20.7 Å². The molecule has 7 nitrogen and oxygen atoms in total. The van der Waals surface area contributed by atoms with E-state index in [4.69, 9.17) is 11.6 Å². The minimum Gasteiger partial charge on any atom is -0.326 e. The summed E-state index contributed by atoms with van der Waals surface area (Å²) in [6.45, 7) is 1.70. The fraction of sp³-hybridized carbons (Fsp3) is 0.158. The van der Waals surface area contributed by atoms with E-state index in [0.717, 1.165) is 0 Å². The second-order valence-corrected chi connectivity index (χ2v) is 6.45. The number of nitrogens with one attached hydrogen (secondary N) is 2. The van der Waals surface area contributed by atoms with E-state index in [-0.39, 0.29) is 22.9 Å². The molecule has 0 aliphatic heterocycles. The molecule has 0 aliphatic carbocycles. The molecule has 1 atom stereocenters. The summed E-state index contributed by atoms with van der Waals surface area (Å²) in [4.78, 5) is 28.2. The van der Waals surface area contributed by atoms with Crippen LogP contribution in [-0.2, 0) is 16.0 Å². The number of benzene rings is 2. The molecular formula is C19H17ClFN5O2. The fourth-order valence-corrected chi connectivity index (χ4v) is 2.72. The number of amides is 2. The van der Waals surface area contributed by atoms with Gasteiger partial charge in [0.25, 0.3) is 0 Å². The van der Waals surface area contributed by atoms with Crippen LogP contribution in [0.1, 0.15) is 18.5 Å². The first-order valence-corrected chi connectivity index (χ1v) is 8.79. The Bertz CT molecular complexity index is 956. The molecule has 0 radical (unpaired) electrons. The normalized spacial score (nSPS) is 11.7. The first-order valence-electron chi connectivity index (χ1n) is 8.42. The molecule has 0 bridgehead atoms. The highest BCUT2D eigenvalue weighted by atomic mass is 35.5. The average molecular weight is 402 g/mol. The largest absolute Gasteiger partial charge is 0.326 e. The number of hydrogen-bond donors (Lipinski definition) is 2. The van der Waals surface area contributed by atoms with Crippen LogP contribution in [0.5, 0.6) is 0 Å². The minimum absolute atomic E-state index is 0.146. The molecule has 0 unspecified atom stereocenters. The van der Waals surface area contributed by atoms with Crippen LogP contribution in [0.2, 0.25) is 5.02 Å². The summed E-state index contributed by atoms with van der Waals surface area (Å²) in [5.41, 5.74) is 1.22. The van der Waals surface area contributed by atoms with Gasteiger partial charge in [0.1, 0.15) is 24.5 Å². The van der Waals surface area contributed by atoms with Gasteiger partial charge >= 0.3 is 0 Å². The van der Waals surface area contributed by atoms with Crippen LogP contribution in [0.4, 0.5) is 15.8 Å². The molecular weight excluding hydrogens is 385 g/mol. The minimum atomic E-state index is -0.526. The standard InChI is InChI=1S/C19H17ClFN5O2/c1-12(26-11-22-10-23-26)19(28)25-14-7-5-13(6-8-14)24-18(27)9-15-16(20)3-2-4-17(15)21/h2-8,10-12H,9H2,1H3,(H,24,27)(H,25,28)/t12-/m0/s1. The molecule has 0 fully saturated rings. The zero-order valence-corrected chi connectivity index (χ0v) is 15.7. The lowest BCUT2D eigenvalue weighted by atomic mass is 10.1. The van der Waals surface area contributed by atoms with Crippen molar-refractivity contribution < 1.29 is 14.0 Å². The Morgan fingerprint density at radius 2 is 1.82 bits per heavy atom. The van der Waals surface area contributed by atoms with Gasteiger partial charge in [0.2, 0.25) is 11.8 Å². The lowest BCUT2D eigenvalue weighted by molar-refractivity contribution is -0.119. The van der Waals surface area contributed by atoms with Gasteiger partial charge < -0.3 is 10.6 Å². The summed E-state index contributed by atoms with van der Waals surface area (Å²) >= 11 is 5.94. The van der Waals surface area contributed by atoms with Crippen molar-refractivity contribution in [1.82, 2.24) is 14.8 Å². The van der Waals surface area contributed by atoms with Crippen LogP contribution in [-0.4, -0.2) is 26.6 Å². The van der Waals surface area contributed by atoms with E-state index in [1.165, 1.54) is 35.5 Å². The highest BCUT2D eigenvalue weighted by Gasteiger charge is 2.16. The summed E-state index contributed by atoms with van der Waals surface area (Å²) in [6.07, 6.45) is 2.64. The van der Waals surface area contributed by atoms with Crippen LogP contribution >= 0.6 is 11.6 Å². The van der Waals surface area contributed by atoms with E-state index in [0.29, 0.717) is 11.4 Å². The zero-order valence-electron chi connectivity index (χ0n) is 14.9. The maximum atomic E-state index is 13.8. The second kappa shape index (κ2) is 8.62. The Hall–Kier alpha value is -3.26. The summed E-state index contributed by atoms with van der Waals surface area (Å²) in [7, 11) is 0. The van der Waals surface area contributed by atoms with Crippen molar-refractivity contribution in [2.75, 3.05) is 10.6 Å². The number of carbonyl (C=O) groups excluding carboxylic acids is 2. The quantitative estimate of drug-likeness (QED) is 0.662. The molecule has 28 heavy (non-hydrogen) atoms. The molecule has 2 amide bonds. The van der Waals surface area contributed by atoms with Gasteiger partial charge in [-0.05, 0) is 43.3 Å². The van der Waals surface area contributed by atoms with Crippen LogP contribution in [0.3, 0.4) is 0 Å². The molecule has 0 saturated carbocycles. The summed E-state index contributed by atoms with van der Waals surface area (Å²) in [5, 5.41) is 9.57. The number of nitrogens with zero attached hydrogens (tertiary/aromatic N) is 3. The summed E-state index contributed by atoms with van der Waals surface area (Å²) in [6, 6.07) is 10.3. The Balaban J connectivity index is 1.58. The Morgan fingerprint density at radius 1 is 1.14 bits per heavy atom. The summed E-state index contributed by atoms with van der Waals surface area (Å²) < 4.78 is 15.2. The molecule has 144 valence electrons. The first kappa shape index (κ1) is 19.5. The maximum absolute atomic E-state index is 13.8. The topological polar surface area (TPSA) is 88.9 Å². The third-order valence-corrected chi connectivity index (χ3v) is 4.40. The molecule has 2 N–H and O–H groups in total. The van der Waals surface area contributed by atoms with Crippen molar-refractivity contribution in [1.29, 1.82) is 0 Å². The Kier molecular flexibility index (Phi) is 6.00. The van der Waals surface area contributed by atoms with Gasteiger partial charge in [-0.3, -0.25) is 9.59 Å². The van der Waals surface area contributed by atoms with Gasteiger partial charge in [-0.2, -0.15) is 5.10 Å². The molecule has 0 saturated heterocycles. The lowest BCUT2D eigenvalue weighted by Crippen LogP contribution is -2.24. The van der Waals surface area contributed by atoms with Crippen LogP contribution < -0.4 is 10.6 Å². The molecule has 0 spiro atoms. The second-order valence-electron chi connectivity index (χ2n) is 6.04. The van der Waals surface area contributed by atoms with E-state index in [1.807, 2.05) is 0 Å². The number of halogens is 2. The molecule has 0 aliphatic rings. The zero-order chi connectivity index (χ0) is 20.1. The number of anilines is 2. The average Bonchev–Trinajstić information content (AvgIpc) is 3.20. The smallest absolute Gasteiger partial charge is 0.249 e. The molecule has 9 heteroatoms. The highest BCUT2D eigenvalue weighted by Crippen LogP contribution is 2.20. The van der Waals surface area contributed by atoms with E-state index in [1.54, 1.807) is 31.2 Å².